The number of ether oxygens (including phenoxy) is 1. The average Bonchev–Trinajstić information content (AvgIpc) is 3.38. The Bertz CT molecular complexity index is 757. The van der Waals surface area contributed by atoms with Crippen LogP contribution in [0.1, 0.15) is 26.2 Å². The summed E-state index contributed by atoms with van der Waals surface area (Å²) in [5.41, 5.74) is 7.32. The minimum atomic E-state index is -0.512. The van der Waals surface area contributed by atoms with Gasteiger partial charge in [-0.25, -0.2) is 4.79 Å². The molecule has 4 rings (SSSR count). The van der Waals surface area contributed by atoms with Crippen molar-refractivity contribution in [1.29, 1.82) is 0 Å². The monoisotopic (exact) mass is 406 g/mol. The van der Waals surface area contributed by atoms with Crippen LogP contribution >= 0.6 is 12.4 Å². The molecule has 28 heavy (non-hydrogen) atoms. The van der Waals surface area contributed by atoms with E-state index in [1.807, 2.05) is 35.2 Å². The van der Waals surface area contributed by atoms with E-state index in [1.165, 1.54) is 0 Å². The number of anilines is 1. The quantitative estimate of drug-likeness (QED) is 0.770. The lowest BCUT2D eigenvalue weighted by molar-refractivity contribution is -0.135. The molecule has 152 valence electrons. The lowest BCUT2D eigenvalue weighted by Gasteiger charge is -2.27. The number of hydrogen-bond donors (Lipinski definition) is 1. The molecule has 0 aromatic heterocycles. The van der Waals surface area contributed by atoms with Crippen molar-refractivity contribution in [1.82, 2.24) is 4.90 Å². The number of carbonyl (C=O) groups excluding carboxylic acids is 2. The van der Waals surface area contributed by atoms with E-state index < -0.39 is 12.0 Å². The van der Waals surface area contributed by atoms with Gasteiger partial charge in [0.15, 0.2) is 0 Å². The Kier molecular flexibility index (Phi) is 6.25. The molecule has 2 aliphatic heterocycles. The topological polar surface area (TPSA) is 88.2 Å². The van der Waals surface area contributed by atoms with Gasteiger partial charge < -0.3 is 15.4 Å². The summed E-state index contributed by atoms with van der Waals surface area (Å²) in [6, 6.07) is 9.17. The summed E-state index contributed by atoms with van der Waals surface area (Å²) in [5.74, 6) is 0.462. The summed E-state index contributed by atoms with van der Waals surface area (Å²) in [4.78, 5) is 27.4. The van der Waals surface area contributed by atoms with Crippen molar-refractivity contribution in [2.45, 2.75) is 38.3 Å². The zero-order chi connectivity index (χ0) is 19.0. The SMILES string of the molecule is CCOC(=O)C1=NN(c2ccccc2)C(C(=O)N2CC3CCC(N)C3C2)C1.Cl. The number of rotatable bonds is 4. The van der Waals surface area contributed by atoms with Crippen LogP contribution in [0.4, 0.5) is 5.69 Å². The second kappa shape index (κ2) is 8.49. The highest BCUT2D eigenvalue weighted by molar-refractivity contribution is 6.38. The third-order valence-electron chi connectivity index (χ3n) is 5.95. The van der Waals surface area contributed by atoms with Gasteiger partial charge in [0.2, 0.25) is 5.91 Å². The molecule has 0 spiro atoms. The molecule has 1 aliphatic carbocycles. The highest BCUT2D eigenvalue weighted by Gasteiger charge is 2.46. The molecule has 1 aromatic rings. The molecule has 0 radical (unpaired) electrons. The van der Waals surface area contributed by atoms with Crippen LogP contribution in [0.15, 0.2) is 35.4 Å². The molecular weight excluding hydrogens is 380 g/mol. The van der Waals surface area contributed by atoms with Crippen molar-refractivity contribution in [3.63, 3.8) is 0 Å². The molecule has 0 bridgehead atoms. The van der Waals surface area contributed by atoms with Gasteiger partial charge in [-0.2, -0.15) is 5.10 Å². The number of likely N-dealkylation sites (tertiary alicyclic amines) is 1. The lowest BCUT2D eigenvalue weighted by Crippen LogP contribution is -2.45. The highest BCUT2D eigenvalue weighted by Crippen LogP contribution is 2.38. The number of nitrogens with two attached hydrogens (primary N) is 1. The Morgan fingerprint density at radius 1 is 1.21 bits per heavy atom. The first-order valence-corrected chi connectivity index (χ1v) is 9.71. The fourth-order valence-corrected chi connectivity index (χ4v) is 4.56. The molecule has 4 atom stereocenters. The predicted octanol–water partition coefficient (Wildman–Crippen LogP) is 1.80. The summed E-state index contributed by atoms with van der Waals surface area (Å²) in [6.45, 7) is 3.51. The number of fused-ring (bicyclic) bond motifs is 1. The third kappa shape index (κ3) is 3.73. The van der Waals surface area contributed by atoms with Gasteiger partial charge in [0.25, 0.3) is 0 Å². The van der Waals surface area contributed by atoms with Crippen molar-refractivity contribution < 1.29 is 14.3 Å². The van der Waals surface area contributed by atoms with Crippen LogP contribution in [0, 0.1) is 11.8 Å². The van der Waals surface area contributed by atoms with Crippen LogP contribution in [0.3, 0.4) is 0 Å². The molecule has 7 nitrogen and oxygen atoms in total. The van der Waals surface area contributed by atoms with Gasteiger partial charge in [-0.05, 0) is 43.7 Å². The zero-order valence-corrected chi connectivity index (χ0v) is 16.8. The highest BCUT2D eigenvalue weighted by atomic mass is 35.5. The Labute approximate surface area is 171 Å². The summed E-state index contributed by atoms with van der Waals surface area (Å²) in [5, 5.41) is 6.11. The van der Waals surface area contributed by atoms with Crippen molar-refractivity contribution in [2.75, 3.05) is 24.7 Å². The van der Waals surface area contributed by atoms with E-state index in [0.717, 1.165) is 25.1 Å². The van der Waals surface area contributed by atoms with E-state index in [4.69, 9.17) is 10.5 Å². The van der Waals surface area contributed by atoms with E-state index in [2.05, 4.69) is 5.10 Å². The number of esters is 1. The van der Waals surface area contributed by atoms with Gasteiger partial charge >= 0.3 is 5.97 Å². The summed E-state index contributed by atoms with van der Waals surface area (Å²) in [6.07, 6.45) is 2.41. The molecule has 2 N–H and O–H groups in total. The average molecular weight is 407 g/mol. The van der Waals surface area contributed by atoms with Crippen LogP contribution in [0.25, 0.3) is 0 Å². The smallest absolute Gasteiger partial charge is 0.354 e. The number of nitrogens with zero attached hydrogens (tertiary/aromatic N) is 3. The number of benzene rings is 1. The van der Waals surface area contributed by atoms with E-state index in [-0.39, 0.29) is 37.4 Å². The van der Waals surface area contributed by atoms with Crippen LogP contribution in [-0.2, 0) is 14.3 Å². The maximum Gasteiger partial charge on any atom is 0.354 e. The van der Waals surface area contributed by atoms with E-state index in [1.54, 1.807) is 11.9 Å². The molecular formula is C20H27ClN4O3. The van der Waals surface area contributed by atoms with E-state index >= 15 is 0 Å². The maximum absolute atomic E-state index is 13.3. The summed E-state index contributed by atoms with van der Waals surface area (Å²) < 4.78 is 5.10. The Morgan fingerprint density at radius 3 is 2.64 bits per heavy atom. The third-order valence-corrected chi connectivity index (χ3v) is 5.95. The first-order chi connectivity index (χ1) is 13.1. The van der Waals surface area contributed by atoms with Gasteiger partial charge in [-0.3, -0.25) is 9.80 Å². The van der Waals surface area contributed by atoms with Crippen LogP contribution < -0.4 is 10.7 Å². The lowest BCUT2D eigenvalue weighted by atomic mass is 9.98. The molecule has 2 heterocycles. The molecule has 1 amide bonds. The number of carbonyl (C=O) groups is 2. The van der Waals surface area contributed by atoms with Crippen LogP contribution in [0.5, 0.6) is 0 Å². The van der Waals surface area contributed by atoms with Crippen molar-refractivity contribution >= 4 is 35.7 Å². The first-order valence-electron chi connectivity index (χ1n) is 9.71. The molecule has 1 saturated carbocycles. The number of hydrazone groups is 1. The van der Waals surface area contributed by atoms with Crippen LogP contribution in [0.2, 0.25) is 0 Å². The summed E-state index contributed by atoms with van der Waals surface area (Å²) in [7, 11) is 0. The fraction of sp³-hybridized carbons (Fsp3) is 0.550. The predicted molar refractivity (Wildman–Crippen MR) is 109 cm³/mol. The van der Waals surface area contributed by atoms with Gasteiger partial charge in [0.05, 0.1) is 12.3 Å². The number of hydrogen-bond acceptors (Lipinski definition) is 6. The minimum absolute atomic E-state index is 0. The molecule has 2 fully saturated rings. The number of para-hydroxylation sites is 1. The second-order valence-corrected chi connectivity index (χ2v) is 7.58. The van der Waals surface area contributed by atoms with Gasteiger partial charge in [0, 0.05) is 25.6 Å². The molecule has 3 aliphatic rings. The molecule has 1 aromatic carbocycles. The number of amides is 1. The van der Waals surface area contributed by atoms with Crippen molar-refractivity contribution in [3.05, 3.63) is 30.3 Å². The zero-order valence-electron chi connectivity index (χ0n) is 16.0. The fourth-order valence-electron chi connectivity index (χ4n) is 4.56. The Hall–Kier alpha value is -2.12. The van der Waals surface area contributed by atoms with Gasteiger partial charge in [0.1, 0.15) is 11.8 Å². The van der Waals surface area contributed by atoms with E-state index in [9.17, 15) is 9.59 Å². The molecule has 8 heteroatoms. The number of halogens is 1. The van der Waals surface area contributed by atoms with E-state index in [0.29, 0.717) is 24.1 Å². The van der Waals surface area contributed by atoms with Gasteiger partial charge in [-0.15, -0.1) is 12.4 Å². The summed E-state index contributed by atoms with van der Waals surface area (Å²) >= 11 is 0. The molecule has 1 saturated heterocycles. The van der Waals surface area contributed by atoms with Crippen molar-refractivity contribution in [2.24, 2.45) is 22.7 Å². The molecule has 4 unspecified atom stereocenters. The normalized spacial score (nSPS) is 28.6. The van der Waals surface area contributed by atoms with Gasteiger partial charge in [-0.1, -0.05) is 18.2 Å². The standard InChI is InChI=1S/C20H26N4O3.ClH/c1-2-27-20(26)17-10-18(24(22-17)14-6-4-3-5-7-14)19(25)23-11-13-8-9-16(21)15(13)12-23;/h3-7,13,15-16,18H,2,8-12,21H2,1H3;1H. The van der Waals surface area contributed by atoms with Crippen molar-refractivity contribution in [3.8, 4) is 0 Å². The Balaban J connectivity index is 0.00000225. The largest absolute Gasteiger partial charge is 0.461 e. The first kappa shape index (κ1) is 20.6. The Morgan fingerprint density at radius 2 is 1.96 bits per heavy atom. The maximum atomic E-state index is 13.3. The second-order valence-electron chi connectivity index (χ2n) is 7.58. The minimum Gasteiger partial charge on any atom is -0.461 e. The van der Waals surface area contributed by atoms with Crippen LogP contribution in [-0.4, -0.2) is 54.3 Å².